The van der Waals surface area contributed by atoms with E-state index in [9.17, 15) is 0 Å². The average Bonchev–Trinajstić information content (AvgIpc) is 2.34. The Labute approximate surface area is 138 Å². The van der Waals surface area contributed by atoms with Gasteiger partial charge in [0.15, 0.2) is 0 Å². The number of aliphatic imine (C=N–C) groups is 1. The van der Waals surface area contributed by atoms with Gasteiger partial charge in [0.05, 0.1) is 5.69 Å². The number of nitrogens with zero attached hydrogens (tertiary/aromatic N) is 1. The fraction of sp³-hybridized carbons (Fsp3) is 0.632. The van der Waals surface area contributed by atoms with Crippen LogP contribution in [0.5, 0.6) is 0 Å². The fourth-order valence-corrected chi connectivity index (χ4v) is 4.77. The topological polar surface area (TPSA) is 24.4 Å². The van der Waals surface area contributed by atoms with Gasteiger partial charge in [-0.1, -0.05) is 66.7 Å². The van der Waals surface area contributed by atoms with Gasteiger partial charge in [0.2, 0.25) is 0 Å². The normalized spacial score (nSPS) is 13.4. The summed E-state index contributed by atoms with van der Waals surface area (Å²) in [6, 6.07) is 6.38. The van der Waals surface area contributed by atoms with E-state index in [-0.39, 0.29) is 13.5 Å². The van der Waals surface area contributed by atoms with Crippen molar-refractivity contribution in [2.45, 2.75) is 73.6 Å². The van der Waals surface area contributed by atoms with Gasteiger partial charge in [0, 0.05) is 5.41 Å². The van der Waals surface area contributed by atoms with E-state index in [1.807, 2.05) is 0 Å². The molecular weight excluding hydrogens is 287 g/mol. The van der Waals surface area contributed by atoms with Crippen LogP contribution in [0.25, 0.3) is 0 Å². The molecule has 0 unspecified atom stereocenters. The second-order valence-corrected chi connectivity index (χ2v) is 10.8. The van der Waals surface area contributed by atoms with Gasteiger partial charge in [-0.25, -0.2) is 4.99 Å². The van der Waals surface area contributed by atoms with Gasteiger partial charge < -0.3 is 5.09 Å². The number of para-hydroxylation sites is 1. The molecule has 0 spiro atoms. The molecule has 0 saturated heterocycles. The Balaban J connectivity index is 3.27. The highest BCUT2D eigenvalue weighted by Gasteiger charge is 2.25. The number of hydrogen-bond acceptors (Lipinski definition) is 1. The van der Waals surface area contributed by atoms with Gasteiger partial charge in [-0.05, 0) is 44.4 Å². The van der Waals surface area contributed by atoms with Gasteiger partial charge in [0.1, 0.15) is 5.84 Å². The van der Waals surface area contributed by atoms with Gasteiger partial charge in [-0.2, -0.15) is 0 Å². The largest absolute Gasteiger partial charge is 0.352 e. The summed E-state index contributed by atoms with van der Waals surface area (Å²) in [6.45, 7) is 20.2. The molecule has 1 rings (SSSR count). The molecule has 124 valence electrons. The molecule has 3 heteroatoms. The lowest BCUT2D eigenvalue weighted by molar-refractivity contribution is 0.579. The molecule has 2 nitrogen and oxygen atoms in total. The quantitative estimate of drug-likeness (QED) is 0.399. The van der Waals surface area contributed by atoms with Crippen LogP contribution in [0, 0.1) is 19.3 Å². The molecule has 0 fully saturated rings. The monoisotopic (exact) mass is 320 g/mol. The molecule has 22 heavy (non-hydrogen) atoms. The minimum absolute atomic E-state index is 0.0130. The van der Waals surface area contributed by atoms with E-state index in [0.717, 1.165) is 11.5 Å². The van der Waals surface area contributed by atoms with Gasteiger partial charge in [-0.3, -0.25) is 0 Å². The molecule has 1 aromatic carbocycles. The highest BCUT2D eigenvalue weighted by atomic mass is 31.1. The molecule has 0 aromatic heterocycles. The van der Waals surface area contributed by atoms with Gasteiger partial charge in [0.25, 0.3) is 0 Å². The molecule has 0 radical (unpaired) electrons. The molecule has 0 atom stereocenters. The summed E-state index contributed by atoms with van der Waals surface area (Å²) in [5.74, 6) is 1.11. The van der Waals surface area contributed by atoms with Gasteiger partial charge in [-0.15, -0.1) is 0 Å². The summed E-state index contributed by atoms with van der Waals surface area (Å²) in [4.78, 5) is 5.06. The molecule has 0 aliphatic carbocycles. The molecule has 0 amide bonds. The number of rotatable bonds is 4. The molecule has 0 aliphatic heterocycles. The highest BCUT2D eigenvalue weighted by Crippen LogP contribution is 2.43. The molecule has 0 saturated carbocycles. The lowest BCUT2D eigenvalue weighted by Crippen LogP contribution is -2.35. The first-order valence-electron chi connectivity index (χ1n) is 8.24. The third-order valence-electron chi connectivity index (χ3n) is 3.72. The Morgan fingerprint density at radius 2 is 1.45 bits per heavy atom. The third-order valence-corrected chi connectivity index (χ3v) is 6.42. The Morgan fingerprint density at radius 3 is 1.82 bits per heavy atom. The van der Waals surface area contributed by atoms with Crippen molar-refractivity contribution in [3.63, 3.8) is 0 Å². The predicted octanol–water partition coefficient (Wildman–Crippen LogP) is 6.18. The van der Waals surface area contributed by atoms with Crippen molar-refractivity contribution >= 4 is 19.6 Å². The van der Waals surface area contributed by atoms with E-state index in [0.29, 0.717) is 11.3 Å². The van der Waals surface area contributed by atoms with Crippen LogP contribution < -0.4 is 5.09 Å². The van der Waals surface area contributed by atoms with E-state index in [2.05, 4.69) is 85.6 Å². The van der Waals surface area contributed by atoms with Crippen molar-refractivity contribution in [2.75, 3.05) is 0 Å². The summed E-state index contributed by atoms with van der Waals surface area (Å²) in [5.41, 5.74) is 4.88. The van der Waals surface area contributed by atoms with Crippen LogP contribution in [0.2, 0.25) is 0 Å². The van der Waals surface area contributed by atoms with Crippen LogP contribution in [0.4, 0.5) is 5.69 Å². The van der Waals surface area contributed by atoms with Crippen LogP contribution in [-0.2, 0) is 0 Å². The van der Waals surface area contributed by atoms with E-state index < -0.39 is 0 Å². The second-order valence-electron chi connectivity index (χ2n) is 7.66. The first-order chi connectivity index (χ1) is 10.0. The molecule has 0 aliphatic rings. The first-order valence-corrected chi connectivity index (χ1v) is 9.72. The van der Waals surface area contributed by atoms with E-state index >= 15 is 0 Å². The number of amidine groups is 1. The summed E-state index contributed by atoms with van der Waals surface area (Å²) < 4.78 is 0. The Hall–Kier alpha value is -0.880. The maximum Gasteiger partial charge on any atom is 0.111 e. The zero-order valence-electron chi connectivity index (χ0n) is 15.8. The van der Waals surface area contributed by atoms with Crippen LogP contribution in [0.15, 0.2) is 23.2 Å². The molecular formula is C19H33N2P. The Kier molecular flexibility index (Phi) is 6.62. The van der Waals surface area contributed by atoms with Crippen LogP contribution in [0.3, 0.4) is 0 Å². The summed E-state index contributed by atoms with van der Waals surface area (Å²) in [7, 11) is -0.279. The predicted molar refractivity (Wildman–Crippen MR) is 103 cm³/mol. The maximum atomic E-state index is 5.06. The van der Waals surface area contributed by atoms with Crippen molar-refractivity contribution < 1.29 is 0 Å². The second kappa shape index (κ2) is 7.59. The molecule has 0 bridgehead atoms. The highest BCUT2D eigenvalue weighted by molar-refractivity contribution is 7.57. The number of benzene rings is 1. The molecule has 1 aromatic rings. The molecule has 0 heterocycles. The van der Waals surface area contributed by atoms with Crippen molar-refractivity contribution in [1.29, 1.82) is 0 Å². The Bertz CT molecular complexity index is 496. The minimum Gasteiger partial charge on any atom is -0.352 e. The number of hydrogen-bond donors (Lipinski definition) is 1. The number of nitrogens with one attached hydrogen (secondary N) is 1. The SMILES string of the molecule is Cc1cccc(C)c1N=C(NP(C(C)C)C(C)C)C(C)(C)C. The third kappa shape index (κ3) is 5.09. The summed E-state index contributed by atoms with van der Waals surface area (Å²) in [6.07, 6.45) is 0. The Morgan fingerprint density at radius 1 is 1.00 bits per heavy atom. The smallest absolute Gasteiger partial charge is 0.111 e. The van der Waals surface area contributed by atoms with Crippen LogP contribution in [0.1, 0.15) is 59.6 Å². The van der Waals surface area contributed by atoms with E-state index in [4.69, 9.17) is 4.99 Å². The first kappa shape index (κ1) is 19.2. The van der Waals surface area contributed by atoms with Crippen molar-refractivity contribution in [1.82, 2.24) is 5.09 Å². The minimum atomic E-state index is -0.279. The van der Waals surface area contributed by atoms with E-state index in [1.165, 1.54) is 11.1 Å². The van der Waals surface area contributed by atoms with Crippen molar-refractivity contribution in [2.24, 2.45) is 10.4 Å². The van der Waals surface area contributed by atoms with Crippen LogP contribution >= 0.6 is 8.07 Å². The fourth-order valence-electron chi connectivity index (χ4n) is 2.43. The summed E-state index contributed by atoms with van der Waals surface area (Å²) >= 11 is 0. The van der Waals surface area contributed by atoms with Gasteiger partial charge >= 0.3 is 0 Å². The summed E-state index contributed by atoms with van der Waals surface area (Å²) in [5, 5.41) is 3.81. The maximum absolute atomic E-state index is 5.06. The van der Waals surface area contributed by atoms with E-state index in [1.54, 1.807) is 0 Å². The van der Waals surface area contributed by atoms with Crippen molar-refractivity contribution in [3.8, 4) is 0 Å². The lowest BCUT2D eigenvalue weighted by atomic mass is 9.95. The number of aryl methyl sites for hydroxylation is 2. The van der Waals surface area contributed by atoms with Crippen LogP contribution in [-0.4, -0.2) is 17.2 Å². The zero-order chi connectivity index (χ0) is 17.1. The zero-order valence-corrected chi connectivity index (χ0v) is 16.7. The van der Waals surface area contributed by atoms with Crippen molar-refractivity contribution in [3.05, 3.63) is 29.3 Å². The molecule has 1 N–H and O–H groups in total. The average molecular weight is 320 g/mol. The lowest BCUT2D eigenvalue weighted by Gasteiger charge is -2.33. The standard InChI is InChI=1S/C19H33N2P/c1-13(2)22(14(3)4)21-18(19(7,8)9)20-17-15(5)11-10-12-16(17)6/h10-14H,1-9H3,(H,20,21).